The van der Waals surface area contributed by atoms with Gasteiger partial charge < -0.3 is 21.1 Å². The molecule has 0 bridgehead atoms. The van der Waals surface area contributed by atoms with Crippen molar-refractivity contribution in [1.82, 2.24) is 15.6 Å². The minimum atomic E-state index is -0.0652. The van der Waals surface area contributed by atoms with Gasteiger partial charge in [0.2, 0.25) is 5.91 Å². The molecule has 2 heterocycles. The molecule has 6 heteroatoms. The highest BCUT2D eigenvalue weighted by molar-refractivity contribution is 5.83. The standard InChI is InChI=1S/C11H16N4O2/c16-8-1-2-10(15-7-8)13-6-5-12-9-3-4-14-11(9)17/h1-2,7,9,12,16H,3-6H2,(H,13,15)(H,14,17). The second-order valence-corrected chi connectivity index (χ2v) is 3.91. The molecule has 1 atom stereocenters. The van der Waals surface area contributed by atoms with E-state index in [1.54, 1.807) is 12.1 Å². The van der Waals surface area contributed by atoms with Crippen molar-refractivity contribution in [2.24, 2.45) is 0 Å². The summed E-state index contributed by atoms with van der Waals surface area (Å²) in [6.07, 6.45) is 2.23. The van der Waals surface area contributed by atoms with Crippen molar-refractivity contribution in [3.8, 4) is 5.75 Å². The molecule has 0 radical (unpaired) electrons. The van der Waals surface area contributed by atoms with Crippen LogP contribution in [0.25, 0.3) is 0 Å². The van der Waals surface area contributed by atoms with Gasteiger partial charge >= 0.3 is 0 Å². The molecule has 0 aliphatic carbocycles. The molecule has 1 saturated heterocycles. The first kappa shape index (κ1) is 11.7. The van der Waals surface area contributed by atoms with Crippen LogP contribution in [0.3, 0.4) is 0 Å². The second kappa shape index (κ2) is 5.49. The number of hydrogen-bond acceptors (Lipinski definition) is 5. The Morgan fingerprint density at radius 3 is 3.00 bits per heavy atom. The Hall–Kier alpha value is -1.82. The lowest BCUT2D eigenvalue weighted by atomic mass is 10.2. The molecule has 6 nitrogen and oxygen atoms in total. The number of carbonyl (C=O) groups excluding carboxylic acids is 1. The Morgan fingerprint density at radius 2 is 2.35 bits per heavy atom. The van der Waals surface area contributed by atoms with Crippen molar-refractivity contribution >= 4 is 11.7 Å². The second-order valence-electron chi connectivity index (χ2n) is 3.91. The highest BCUT2D eigenvalue weighted by Gasteiger charge is 2.22. The van der Waals surface area contributed by atoms with Crippen LogP contribution in [0.2, 0.25) is 0 Å². The summed E-state index contributed by atoms with van der Waals surface area (Å²) in [5.41, 5.74) is 0. The molecule has 1 aliphatic heterocycles. The van der Waals surface area contributed by atoms with Gasteiger partial charge in [0.15, 0.2) is 0 Å². The minimum absolute atomic E-state index is 0.0652. The summed E-state index contributed by atoms with van der Waals surface area (Å²) in [4.78, 5) is 15.2. The SMILES string of the molecule is O=C1NCCC1NCCNc1ccc(O)cn1. The normalized spacial score (nSPS) is 19.1. The van der Waals surface area contributed by atoms with Crippen molar-refractivity contribution in [1.29, 1.82) is 0 Å². The summed E-state index contributed by atoms with van der Waals surface area (Å²) in [6, 6.07) is 3.22. The fourth-order valence-corrected chi connectivity index (χ4v) is 1.72. The predicted molar refractivity (Wildman–Crippen MR) is 63.8 cm³/mol. The summed E-state index contributed by atoms with van der Waals surface area (Å²) in [5, 5.41) is 18.1. The minimum Gasteiger partial charge on any atom is -0.506 e. The smallest absolute Gasteiger partial charge is 0.237 e. The maximum Gasteiger partial charge on any atom is 0.237 e. The van der Waals surface area contributed by atoms with Gasteiger partial charge in [-0.3, -0.25) is 4.79 Å². The molecule has 0 aromatic carbocycles. The van der Waals surface area contributed by atoms with Gasteiger partial charge in [0.1, 0.15) is 11.6 Å². The third-order valence-electron chi connectivity index (χ3n) is 2.62. The average molecular weight is 236 g/mol. The number of carbonyl (C=O) groups is 1. The quantitative estimate of drug-likeness (QED) is 0.526. The van der Waals surface area contributed by atoms with Crippen LogP contribution in [0.4, 0.5) is 5.82 Å². The molecule has 1 aliphatic rings. The third kappa shape index (κ3) is 3.32. The average Bonchev–Trinajstić information content (AvgIpc) is 2.73. The van der Waals surface area contributed by atoms with Crippen LogP contribution in [0.1, 0.15) is 6.42 Å². The van der Waals surface area contributed by atoms with Crippen molar-refractivity contribution in [2.75, 3.05) is 25.0 Å². The Morgan fingerprint density at radius 1 is 1.47 bits per heavy atom. The maximum atomic E-state index is 11.2. The summed E-state index contributed by atoms with van der Waals surface area (Å²) in [7, 11) is 0. The van der Waals surface area contributed by atoms with Gasteiger partial charge in [-0.2, -0.15) is 0 Å². The van der Waals surface area contributed by atoms with Gasteiger partial charge in [-0.05, 0) is 18.6 Å². The fourth-order valence-electron chi connectivity index (χ4n) is 1.72. The molecule has 0 saturated carbocycles. The zero-order valence-electron chi connectivity index (χ0n) is 9.44. The molecule has 1 fully saturated rings. The largest absolute Gasteiger partial charge is 0.506 e. The summed E-state index contributed by atoms with van der Waals surface area (Å²) in [5.74, 6) is 0.935. The molecule has 1 aromatic heterocycles. The molecule has 1 amide bonds. The number of pyridine rings is 1. The van der Waals surface area contributed by atoms with Crippen molar-refractivity contribution in [3.63, 3.8) is 0 Å². The van der Waals surface area contributed by atoms with E-state index in [-0.39, 0.29) is 17.7 Å². The highest BCUT2D eigenvalue weighted by atomic mass is 16.3. The predicted octanol–water partition coefficient (Wildman–Crippen LogP) is -0.323. The maximum absolute atomic E-state index is 11.2. The van der Waals surface area contributed by atoms with Gasteiger partial charge in [0.05, 0.1) is 12.2 Å². The van der Waals surface area contributed by atoms with E-state index in [4.69, 9.17) is 5.11 Å². The molecule has 0 spiro atoms. The topological polar surface area (TPSA) is 86.3 Å². The first-order chi connectivity index (χ1) is 8.25. The molecule has 1 aromatic rings. The summed E-state index contributed by atoms with van der Waals surface area (Å²) >= 11 is 0. The van der Waals surface area contributed by atoms with Gasteiger partial charge in [-0.15, -0.1) is 0 Å². The zero-order chi connectivity index (χ0) is 12.1. The van der Waals surface area contributed by atoms with E-state index < -0.39 is 0 Å². The first-order valence-electron chi connectivity index (χ1n) is 5.66. The van der Waals surface area contributed by atoms with Crippen LogP contribution in [0, 0.1) is 0 Å². The number of nitrogens with zero attached hydrogens (tertiary/aromatic N) is 1. The molecule has 4 N–H and O–H groups in total. The van der Waals surface area contributed by atoms with E-state index in [0.29, 0.717) is 18.9 Å². The molecule has 92 valence electrons. The summed E-state index contributed by atoms with van der Waals surface area (Å²) in [6.45, 7) is 2.13. The Kier molecular flexibility index (Phi) is 3.77. The van der Waals surface area contributed by atoms with E-state index in [0.717, 1.165) is 13.0 Å². The van der Waals surface area contributed by atoms with Gasteiger partial charge in [-0.1, -0.05) is 0 Å². The monoisotopic (exact) mass is 236 g/mol. The Labute approximate surface area is 99.4 Å². The van der Waals surface area contributed by atoms with Crippen molar-refractivity contribution in [2.45, 2.75) is 12.5 Å². The van der Waals surface area contributed by atoms with Crippen LogP contribution in [-0.4, -0.2) is 41.7 Å². The zero-order valence-corrected chi connectivity index (χ0v) is 9.44. The number of amides is 1. The van der Waals surface area contributed by atoms with E-state index in [1.807, 2.05) is 0 Å². The third-order valence-corrected chi connectivity index (χ3v) is 2.62. The molecule has 2 rings (SSSR count). The van der Waals surface area contributed by atoms with E-state index in [1.165, 1.54) is 6.20 Å². The lowest BCUT2D eigenvalue weighted by Gasteiger charge is -2.10. The summed E-state index contributed by atoms with van der Waals surface area (Å²) < 4.78 is 0. The van der Waals surface area contributed by atoms with Crippen LogP contribution >= 0.6 is 0 Å². The van der Waals surface area contributed by atoms with Crippen LogP contribution in [0.5, 0.6) is 5.75 Å². The number of nitrogens with one attached hydrogen (secondary N) is 3. The van der Waals surface area contributed by atoms with E-state index in [9.17, 15) is 4.79 Å². The number of aromatic hydroxyl groups is 1. The molecular formula is C11H16N4O2. The van der Waals surface area contributed by atoms with Gasteiger partial charge in [-0.25, -0.2) is 4.98 Å². The number of aromatic nitrogens is 1. The van der Waals surface area contributed by atoms with Crippen molar-refractivity contribution in [3.05, 3.63) is 18.3 Å². The Balaban J connectivity index is 1.66. The first-order valence-corrected chi connectivity index (χ1v) is 5.66. The number of anilines is 1. The molecular weight excluding hydrogens is 220 g/mol. The highest BCUT2D eigenvalue weighted by Crippen LogP contribution is 2.08. The number of hydrogen-bond donors (Lipinski definition) is 4. The molecule has 1 unspecified atom stereocenters. The molecule has 17 heavy (non-hydrogen) atoms. The van der Waals surface area contributed by atoms with Crippen LogP contribution < -0.4 is 16.0 Å². The van der Waals surface area contributed by atoms with Crippen LogP contribution in [0.15, 0.2) is 18.3 Å². The van der Waals surface area contributed by atoms with E-state index in [2.05, 4.69) is 20.9 Å². The lowest BCUT2D eigenvalue weighted by molar-refractivity contribution is -0.120. The van der Waals surface area contributed by atoms with Crippen molar-refractivity contribution < 1.29 is 9.90 Å². The van der Waals surface area contributed by atoms with Gasteiger partial charge in [0.25, 0.3) is 0 Å². The lowest BCUT2D eigenvalue weighted by Crippen LogP contribution is -2.38. The Bertz CT molecular complexity index is 380. The fraction of sp³-hybridized carbons (Fsp3) is 0.455. The van der Waals surface area contributed by atoms with Gasteiger partial charge in [0, 0.05) is 19.6 Å². The van der Waals surface area contributed by atoms with E-state index >= 15 is 0 Å². The van der Waals surface area contributed by atoms with Crippen LogP contribution in [-0.2, 0) is 4.79 Å². The number of rotatable bonds is 5.